The number of sulfonamides is 1. The van der Waals surface area contributed by atoms with Crippen LogP contribution in [-0.4, -0.2) is 42.1 Å². The minimum Gasteiger partial charge on any atom is -0.310 e. The topological polar surface area (TPSA) is 78.1 Å². The first-order valence-corrected chi connectivity index (χ1v) is 7.86. The van der Waals surface area contributed by atoms with E-state index in [1.54, 1.807) is 6.20 Å². The van der Waals surface area contributed by atoms with Crippen molar-refractivity contribution in [1.29, 1.82) is 0 Å². The summed E-state index contributed by atoms with van der Waals surface area (Å²) < 4.78 is 26.5. The number of aromatic amines is 1. The van der Waals surface area contributed by atoms with Gasteiger partial charge in [-0.1, -0.05) is 26.0 Å². The van der Waals surface area contributed by atoms with Crippen LogP contribution in [0.15, 0.2) is 23.4 Å². The smallest absolute Gasteiger partial charge is 0.260 e. The summed E-state index contributed by atoms with van der Waals surface area (Å²) in [5, 5.41) is 9.91. The van der Waals surface area contributed by atoms with E-state index < -0.39 is 10.0 Å². The molecule has 0 spiro atoms. The molecule has 1 aromatic rings. The van der Waals surface area contributed by atoms with Gasteiger partial charge in [0.2, 0.25) is 0 Å². The molecule has 0 atom stereocenters. The number of rotatable bonds is 5. The summed E-state index contributed by atoms with van der Waals surface area (Å²) in [5.74, 6) is 0. The van der Waals surface area contributed by atoms with Crippen LogP contribution in [0.4, 0.5) is 0 Å². The van der Waals surface area contributed by atoms with Crippen LogP contribution in [0.5, 0.6) is 0 Å². The highest BCUT2D eigenvalue weighted by Gasteiger charge is 2.28. The van der Waals surface area contributed by atoms with Crippen LogP contribution in [-0.2, 0) is 16.6 Å². The maximum atomic E-state index is 12.5. The molecule has 106 valence electrons. The summed E-state index contributed by atoms with van der Waals surface area (Å²) in [5.41, 5.74) is 0.684. The molecule has 1 aliphatic rings. The average Bonchev–Trinajstić information content (AvgIpc) is 2.86. The molecule has 1 aliphatic heterocycles. The molecule has 0 fully saturated rings. The zero-order valence-corrected chi connectivity index (χ0v) is 12.1. The summed E-state index contributed by atoms with van der Waals surface area (Å²) in [6.07, 6.45) is 6.21. The van der Waals surface area contributed by atoms with Crippen LogP contribution in [0.25, 0.3) is 0 Å². The fourth-order valence-electron chi connectivity index (χ4n) is 1.93. The lowest BCUT2D eigenvalue weighted by Gasteiger charge is -2.22. The first kappa shape index (κ1) is 14.2. The van der Waals surface area contributed by atoms with E-state index in [1.165, 1.54) is 4.31 Å². The molecule has 0 amide bonds. The van der Waals surface area contributed by atoms with Gasteiger partial charge < -0.3 is 5.32 Å². The summed E-state index contributed by atoms with van der Waals surface area (Å²) >= 11 is 0. The van der Waals surface area contributed by atoms with E-state index in [0.717, 1.165) is 6.42 Å². The van der Waals surface area contributed by atoms with Crippen molar-refractivity contribution in [2.24, 2.45) is 0 Å². The second-order valence-electron chi connectivity index (χ2n) is 4.88. The Morgan fingerprint density at radius 2 is 2.26 bits per heavy atom. The van der Waals surface area contributed by atoms with Crippen LogP contribution in [0.1, 0.15) is 25.8 Å². The van der Waals surface area contributed by atoms with Crippen molar-refractivity contribution in [2.45, 2.75) is 37.9 Å². The van der Waals surface area contributed by atoms with E-state index in [4.69, 9.17) is 0 Å². The van der Waals surface area contributed by atoms with Gasteiger partial charge in [0.25, 0.3) is 10.0 Å². The molecule has 6 nitrogen and oxygen atoms in total. The van der Waals surface area contributed by atoms with Gasteiger partial charge in [-0.3, -0.25) is 5.10 Å². The third-order valence-electron chi connectivity index (χ3n) is 3.00. The molecule has 0 saturated heterocycles. The number of H-pyrrole nitrogens is 1. The second-order valence-corrected chi connectivity index (χ2v) is 6.76. The van der Waals surface area contributed by atoms with Crippen molar-refractivity contribution < 1.29 is 8.42 Å². The lowest BCUT2D eigenvalue weighted by atomic mass is 10.3. The summed E-state index contributed by atoms with van der Waals surface area (Å²) in [7, 11) is -3.47. The summed E-state index contributed by atoms with van der Waals surface area (Å²) in [6.45, 7) is 5.48. The molecule has 0 unspecified atom stereocenters. The predicted octanol–water partition coefficient (Wildman–Crippen LogP) is 0.858. The molecule has 0 aromatic carbocycles. The Morgan fingerprint density at radius 1 is 1.47 bits per heavy atom. The Labute approximate surface area is 113 Å². The van der Waals surface area contributed by atoms with Crippen LogP contribution < -0.4 is 5.32 Å². The van der Waals surface area contributed by atoms with Crippen molar-refractivity contribution in [3.05, 3.63) is 23.9 Å². The third kappa shape index (κ3) is 3.23. The first-order chi connectivity index (χ1) is 9.01. The van der Waals surface area contributed by atoms with Crippen molar-refractivity contribution in [3.63, 3.8) is 0 Å². The van der Waals surface area contributed by atoms with E-state index in [9.17, 15) is 8.42 Å². The Morgan fingerprint density at radius 3 is 2.89 bits per heavy atom. The molecule has 0 bridgehead atoms. The summed E-state index contributed by atoms with van der Waals surface area (Å²) in [6, 6.07) is 0.295. The number of hydrogen-bond acceptors (Lipinski definition) is 4. The van der Waals surface area contributed by atoms with Gasteiger partial charge in [-0.25, -0.2) is 8.42 Å². The Hall–Kier alpha value is -1.18. The molecule has 2 N–H and O–H groups in total. The van der Waals surface area contributed by atoms with E-state index in [-0.39, 0.29) is 5.03 Å². The average molecular weight is 284 g/mol. The molecule has 19 heavy (non-hydrogen) atoms. The molecular weight excluding hydrogens is 264 g/mol. The molecule has 0 aliphatic carbocycles. The van der Waals surface area contributed by atoms with E-state index in [2.05, 4.69) is 15.5 Å². The lowest BCUT2D eigenvalue weighted by molar-refractivity contribution is 0.434. The number of nitrogens with zero attached hydrogens (tertiary/aromatic N) is 2. The highest BCUT2D eigenvalue weighted by molar-refractivity contribution is 7.89. The summed E-state index contributed by atoms with van der Waals surface area (Å²) in [4.78, 5) is 0. The van der Waals surface area contributed by atoms with Gasteiger partial charge >= 0.3 is 0 Å². The molecule has 2 heterocycles. The van der Waals surface area contributed by atoms with Gasteiger partial charge in [0, 0.05) is 31.2 Å². The molecular formula is C12H20N4O2S. The van der Waals surface area contributed by atoms with Gasteiger partial charge in [0.15, 0.2) is 5.03 Å². The standard InChI is InChI=1S/C12H20N4O2S/c1-10(2)13-8-11-9-14-15-12(11)19(17,18)16-6-4-3-5-7-16/h3-4,9-10,13H,5-8H2,1-2H3,(H,14,15). The van der Waals surface area contributed by atoms with E-state index in [1.807, 2.05) is 26.0 Å². The Bertz CT molecular complexity index is 548. The van der Waals surface area contributed by atoms with Gasteiger partial charge in [-0.15, -0.1) is 0 Å². The lowest BCUT2D eigenvalue weighted by Crippen LogP contribution is -2.35. The van der Waals surface area contributed by atoms with Crippen molar-refractivity contribution in [1.82, 2.24) is 19.8 Å². The molecule has 0 saturated carbocycles. The molecule has 1 aromatic heterocycles. The normalized spacial score (nSPS) is 17.2. The number of nitrogens with one attached hydrogen (secondary N) is 2. The van der Waals surface area contributed by atoms with Gasteiger partial charge in [-0.2, -0.15) is 9.40 Å². The van der Waals surface area contributed by atoms with E-state index >= 15 is 0 Å². The Kier molecular flexibility index (Phi) is 4.38. The van der Waals surface area contributed by atoms with Gasteiger partial charge in [-0.05, 0) is 6.42 Å². The molecule has 7 heteroatoms. The zero-order valence-electron chi connectivity index (χ0n) is 11.3. The predicted molar refractivity (Wildman–Crippen MR) is 73.1 cm³/mol. The highest BCUT2D eigenvalue weighted by atomic mass is 32.2. The minimum absolute atomic E-state index is 0.205. The molecule has 0 radical (unpaired) electrons. The Balaban J connectivity index is 2.20. The van der Waals surface area contributed by atoms with Crippen LogP contribution in [0, 0.1) is 0 Å². The quantitative estimate of drug-likeness (QED) is 0.786. The van der Waals surface area contributed by atoms with Gasteiger partial charge in [0.05, 0.1) is 6.20 Å². The van der Waals surface area contributed by atoms with Crippen LogP contribution in [0.2, 0.25) is 0 Å². The molecule has 2 rings (SSSR count). The fraction of sp³-hybridized carbons (Fsp3) is 0.583. The monoisotopic (exact) mass is 284 g/mol. The highest BCUT2D eigenvalue weighted by Crippen LogP contribution is 2.19. The van der Waals surface area contributed by atoms with Crippen LogP contribution >= 0.6 is 0 Å². The fourth-order valence-corrected chi connectivity index (χ4v) is 3.44. The second kappa shape index (κ2) is 5.85. The zero-order chi connectivity index (χ0) is 13.9. The largest absolute Gasteiger partial charge is 0.310 e. The van der Waals surface area contributed by atoms with Crippen molar-refractivity contribution in [3.8, 4) is 0 Å². The maximum absolute atomic E-state index is 12.5. The van der Waals surface area contributed by atoms with Crippen LogP contribution in [0.3, 0.4) is 0 Å². The van der Waals surface area contributed by atoms with Gasteiger partial charge in [0.1, 0.15) is 0 Å². The number of aromatic nitrogens is 2. The SMILES string of the molecule is CC(C)NCc1cn[nH]c1S(=O)(=O)N1CC=CCC1. The van der Waals surface area contributed by atoms with E-state index in [0.29, 0.717) is 31.2 Å². The third-order valence-corrected chi connectivity index (χ3v) is 4.88. The minimum atomic E-state index is -3.47. The van der Waals surface area contributed by atoms with Crippen molar-refractivity contribution in [2.75, 3.05) is 13.1 Å². The van der Waals surface area contributed by atoms with Crippen molar-refractivity contribution >= 4 is 10.0 Å². The maximum Gasteiger partial charge on any atom is 0.260 e. The number of hydrogen-bond donors (Lipinski definition) is 2. The first-order valence-electron chi connectivity index (χ1n) is 6.42.